The van der Waals surface area contributed by atoms with Crippen molar-refractivity contribution >= 4 is 49.6 Å². The Balaban J connectivity index is 1.10. The molecule has 60 heavy (non-hydrogen) atoms. The summed E-state index contributed by atoms with van der Waals surface area (Å²) in [6, 6.07) is 72.3. The van der Waals surface area contributed by atoms with Crippen LogP contribution in [0.2, 0.25) is 0 Å². The summed E-state index contributed by atoms with van der Waals surface area (Å²) in [6.07, 6.45) is 0. The molecule has 2 heteroatoms. The third-order valence-electron chi connectivity index (χ3n) is 13.8. The van der Waals surface area contributed by atoms with E-state index in [0.29, 0.717) is 0 Å². The van der Waals surface area contributed by atoms with Crippen LogP contribution in [0.15, 0.2) is 194 Å². The van der Waals surface area contributed by atoms with Gasteiger partial charge in [-0.25, -0.2) is 0 Å². The normalized spacial score (nSPS) is 14.3. The number of hydrogen-bond acceptors (Lipinski definition) is 1. The van der Waals surface area contributed by atoms with Gasteiger partial charge in [0, 0.05) is 43.8 Å². The van der Waals surface area contributed by atoms with Gasteiger partial charge in [0.2, 0.25) is 0 Å². The van der Waals surface area contributed by atoms with Crippen molar-refractivity contribution in [3.63, 3.8) is 0 Å². The number of anilines is 3. The van der Waals surface area contributed by atoms with Crippen LogP contribution in [-0.4, -0.2) is 4.57 Å². The molecule has 10 aromatic rings. The maximum Gasteiger partial charge on any atom is 0.0543 e. The average molecular weight is 769 g/mol. The lowest BCUT2D eigenvalue weighted by Crippen LogP contribution is -2.17. The second-order valence-corrected chi connectivity index (χ2v) is 17.7. The zero-order valence-corrected chi connectivity index (χ0v) is 34.4. The van der Waals surface area contributed by atoms with Crippen molar-refractivity contribution in [1.82, 2.24) is 4.57 Å². The number of aromatic nitrogens is 1. The summed E-state index contributed by atoms with van der Waals surface area (Å²) in [6.45, 7) is 9.50. The van der Waals surface area contributed by atoms with Gasteiger partial charge in [-0.2, -0.15) is 0 Å². The Morgan fingerprint density at radius 3 is 1.42 bits per heavy atom. The molecule has 2 aliphatic carbocycles. The average Bonchev–Trinajstić information content (AvgIpc) is 3.84. The number of para-hydroxylation sites is 2. The van der Waals surface area contributed by atoms with Crippen LogP contribution in [0.25, 0.3) is 71.6 Å². The zero-order chi connectivity index (χ0) is 40.3. The Labute approximate surface area is 351 Å². The summed E-state index contributed by atoms with van der Waals surface area (Å²) >= 11 is 0. The molecule has 0 saturated heterocycles. The topological polar surface area (TPSA) is 8.17 Å². The van der Waals surface area contributed by atoms with Gasteiger partial charge in [-0.15, -0.1) is 0 Å². The molecule has 0 fully saturated rings. The minimum atomic E-state index is -0.125. The smallest absolute Gasteiger partial charge is 0.0543 e. The van der Waals surface area contributed by atoms with E-state index in [1.54, 1.807) is 0 Å². The molecule has 0 radical (unpaired) electrons. The summed E-state index contributed by atoms with van der Waals surface area (Å²) in [5, 5.41) is 4.99. The van der Waals surface area contributed by atoms with E-state index in [1.807, 2.05) is 0 Å². The lowest BCUT2D eigenvalue weighted by Gasteiger charge is -2.31. The molecule has 0 saturated carbocycles. The van der Waals surface area contributed by atoms with Gasteiger partial charge in [0.25, 0.3) is 0 Å². The van der Waals surface area contributed by atoms with Crippen LogP contribution in [0.1, 0.15) is 49.9 Å². The largest absolute Gasteiger partial charge is 0.309 e. The minimum absolute atomic E-state index is 0.125. The maximum absolute atomic E-state index is 2.56. The highest BCUT2D eigenvalue weighted by Crippen LogP contribution is 2.58. The van der Waals surface area contributed by atoms with Gasteiger partial charge in [0.1, 0.15) is 0 Å². The van der Waals surface area contributed by atoms with Gasteiger partial charge in [-0.3, -0.25) is 0 Å². The van der Waals surface area contributed by atoms with Crippen LogP contribution in [-0.2, 0) is 10.8 Å². The molecule has 0 unspecified atom stereocenters. The highest BCUT2D eigenvalue weighted by Gasteiger charge is 2.40. The van der Waals surface area contributed by atoms with Crippen LogP contribution >= 0.6 is 0 Å². The van der Waals surface area contributed by atoms with Gasteiger partial charge >= 0.3 is 0 Å². The van der Waals surface area contributed by atoms with E-state index in [-0.39, 0.29) is 10.8 Å². The van der Waals surface area contributed by atoms with Crippen LogP contribution in [0.3, 0.4) is 0 Å². The first kappa shape index (κ1) is 34.8. The van der Waals surface area contributed by atoms with E-state index >= 15 is 0 Å². The molecule has 0 spiro atoms. The van der Waals surface area contributed by atoms with Crippen LogP contribution in [0.4, 0.5) is 17.1 Å². The maximum atomic E-state index is 2.56. The van der Waals surface area contributed by atoms with Crippen LogP contribution in [0, 0.1) is 0 Å². The van der Waals surface area contributed by atoms with Crippen molar-refractivity contribution in [1.29, 1.82) is 0 Å². The number of fused-ring (bicyclic) bond motifs is 10. The summed E-state index contributed by atoms with van der Waals surface area (Å²) in [7, 11) is 0. The highest BCUT2D eigenvalue weighted by molar-refractivity contribution is 6.12. The molecule has 0 amide bonds. The van der Waals surface area contributed by atoms with Crippen molar-refractivity contribution < 1.29 is 0 Å². The van der Waals surface area contributed by atoms with Crippen molar-refractivity contribution in [3.8, 4) is 39.1 Å². The molecule has 2 nitrogen and oxygen atoms in total. The lowest BCUT2D eigenvalue weighted by molar-refractivity contribution is 0.660. The quantitative estimate of drug-likeness (QED) is 0.169. The second-order valence-electron chi connectivity index (χ2n) is 17.7. The molecular weight excluding hydrogens is 725 g/mol. The van der Waals surface area contributed by atoms with Crippen molar-refractivity contribution in [2.45, 2.75) is 38.5 Å². The monoisotopic (exact) mass is 768 g/mol. The number of nitrogens with zero attached hydrogens (tertiary/aromatic N) is 2. The fraction of sp³-hybridized carbons (Fsp3) is 0.103. The first-order valence-electron chi connectivity index (χ1n) is 21.2. The summed E-state index contributed by atoms with van der Waals surface area (Å²) in [5.74, 6) is 0. The molecule has 0 atom stereocenters. The predicted molar refractivity (Wildman–Crippen MR) is 254 cm³/mol. The van der Waals surface area contributed by atoms with E-state index < -0.39 is 0 Å². The Morgan fingerprint density at radius 1 is 0.367 bits per heavy atom. The standard InChI is InChI=1S/C58H44N2/c1-57(2)46-26-11-7-24-44(46)55-48(57)28-16-32-53(55)59(54-33-17-29-49-56(54)45-25-8-12-27-47(45)58(49,3)4)38-19-15-18-37(36-38)39-34-35-52(41-21-6-5-20-40(39)41)60-50-30-13-9-22-42(50)43-23-10-14-31-51(43)60/h5-36H,1-4H3. The Morgan fingerprint density at radius 2 is 0.833 bits per heavy atom. The minimum Gasteiger partial charge on any atom is -0.309 e. The predicted octanol–water partition coefficient (Wildman–Crippen LogP) is 15.7. The first-order chi connectivity index (χ1) is 29.3. The fourth-order valence-electron chi connectivity index (χ4n) is 11.0. The highest BCUT2D eigenvalue weighted by atomic mass is 15.1. The molecule has 9 aromatic carbocycles. The van der Waals surface area contributed by atoms with E-state index in [0.717, 1.165) is 5.69 Å². The Hall–Kier alpha value is -7.16. The summed E-state index contributed by atoms with van der Waals surface area (Å²) in [4.78, 5) is 2.56. The molecule has 286 valence electrons. The van der Waals surface area contributed by atoms with Gasteiger partial charge in [-0.05, 0) is 92.4 Å². The van der Waals surface area contributed by atoms with Gasteiger partial charge < -0.3 is 9.47 Å². The first-order valence-corrected chi connectivity index (χ1v) is 21.2. The van der Waals surface area contributed by atoms with Crippen molar-refractivity contribution in [2.75, 3.05) is 4.90 Å². The molecular formula is C58H44N2. The lowest BCUT2D eigenvalue weighted by atomic mass is 9.82. The molecule has 0 N–H and O–H groups in total. The van der Waals surface area contributed by atoms with Gasteiger partial charge in [0.05, 0.1) is 28.1 Å². The molecule has 1 heterocycles. The second kappa shape index (κ2) is 12.7. The summed E-state index contributed by atoms with van der Waals surface area (Å²) in [5.41, 5.74) is 20.0. The van der Waals surface area contributed by atoms with E-state index in [1.165, 1.54) is 105 Å². The van der Waals surface area contributed by atoms with Crippen molar-refractivity contribution in [2.24, 2.45) is 0 Å². The number of hydrogen-bond donors (Lipinski definition) is 0. The molecule has 12 rings (SSSR count). The van der Waals surface area contributed by atoms with E-state index in [2.05, 4.69) is 231 Å². The zero-order valence-electron chi connectivity index (χ0n) is 34.4. The molecule has 0 aliphatic heterocycles. The van der Waals surface area contributed by atoms with Gasteiger partial charge in [-0.1, -0.05) is 179 Å². The third kappa shape index (κ3) is 4.76. The summed E-state index contributed by atoms with van der Waals surface area (Å²) < 4.78 is 2.44. The fourth-order valence-corrected chi connectivity index (χ4v) is 11.0. The third-order valence-corrected chi connectivity index (χ3v) is 13.8. The van der Waals surface area contributed by atoms with Crippen LogP contribution in [0.5, 0.6) is 0 Å². The number of benzene rings is 9. The number of rotatable bonds is 5. The Bertz CT molecular complexity index is 3230. The van der Waals surface area contributed by atoms with Crippen molar-refractivity contribution in [3.05, 3.63) is 216 Å². The van der Waals surface area contributed by atoms with E-state index in [4.69, 9.17) is 0 Å². The van der Waals surface area contributed by atoms with Gasteiger partial charge in [0.15, 0.2) is 0 Å². The molecule has 1 aromatic heterocycles. The molecule has 0 bridgehead atoms. The SMILES string of the molecule is CC1(C)c2ccccc2-c2c(N(c3cccc(-c4ccc(-n5c6ccccc6c6ccccc65)c5ccccc45)c3)c3cccc4c3-c3ccccc3C4(C)C)cccc21. The van der Waals surface area contributed by atoms with Crippen LogP contribution < -0.4 is 4.90 Å². The van der Waals surface area contributed by atoms with E-state index in [9.17, 15) is 0 Å². The Kier molecular flexibility index (Phi) is 7.36. The molecule has 2 aliphatic rings.